The normalized spacial score (nSPS) is 14.8. The predicted octanol–water partition coefficient (Wildman–Crippen LogP) is -0.277. The highest BCUT2D eigenvalue weighted by Crippen LogP contribution is 2.30. The van der Waals surface area contributed by atoms with Crippen LogP contribution in [-0.4, -0.2) is 10.2 Å². The summed E-state index contributed by atoms with van der Waals surface area (Å²) in [5.41, 5.74) is 5.19. The molecule has 0 fully saturated rings. The van der Waals surface area contributed by atoms with Crippen LogP contribution in [-0.2, 0) is 11.2 Å². The lowest BCUT2D eigenvalue weighted by molar-refractivity contribution is -0.173. The molecule has 78 valence electrons. The number of phenolic OH excluding ortho intramolecular Hbond substituents is 1. The van der Waals surface area contributed by atoms with E-state index in [0.29, 0.717) is 0 Å². The van der Waals surface area contributed by atoms with Gasteiger partial charge in [-0.25, -0.2) is 0 Å². The molecule has 0 saturated carbocycles. The maximum Gasteiger partial charge on any atom is 0.165 e. The van der Waals surface area contributed by atoms with Crippen molar-refractivity contribution in [1.82, 2.24) is 0 Å². The Morgan fingerprint density at radius 3 is 2.71 bits per heavy atom. The van der Waals surface area contributed by atoms with E-state index in [1.807, 2.05) is 5.09 Å². The van der Waals surface area contributed by atoms with E-state index in [1.165, 1.54) is 18.2 Å². The monoisotopic (exact) mass is 217 g/mol. The maximum absolute atomic E-state index is 10.7. The fourth-order valence-corrected chi connectivity index (χ4v) is 1.54. The van der Waals surface area contributed by atoms with E-state index >= 15 is 0 Å². The Morgan fingerprint density at radius 2 is 2.21 bits per heavy atom. The smallest absolute Gasteiger partial charge is 0.165 e. The summed E-state index contributed by atoms with van der Waals surface area (Å²) >= 11 is 0. The molecule has 6 nitrogen and oxygen atoms in total. The molecule has 0 aliphatic carbocycles. The van der Waals surface area contributed by atoms with Crippen LogP contribution in [0.4, 0.5) is 5.69 Å². The zero-order valence-electron chi connectivity index (χ0n) is 7.17. The first-order chi connectivity index (χ1) is 6.42. The van der Waals surface area contributed by atoms with Gasteiger partial charge in [-0.2, -0.15) is 0 Å². The Morgan fingerprint density at radius 1 is 1.57 bits per heavy atom. The first-order valence-electron chi connectivity index (χ1n) is 3.73. The number of hydrogen-bond donors (Lipinski definition) is 4. The number of hydrogen-bond acceptors (Lipinski definition) is 4. The van der Waals surface area contributed by atoms with E-state index in [0.717, 1.165) is 0 Å². The van der Waals surface area contributed by atoms with Gasteiger partial charge >= 0.3 is 0 Å². The predicted molar refractivity (Wildman–Crippen MR) is 49.4 cm³/mol. The zero-order valence-corrected chi connectivity index (χ0v) is 8.07. The third-order valence-electron chi connectivity index (χ3n) is 1.54. The molecule has 1 rings (SSSR count). The average molecular weight is 217 g/mol. The van der Waals surface area contributed by atoms with E-state index in [2.05, 4.69) is 0 Å². The minimum atomic E-state index is -4.14. The lowest BCUT2D eigenvalue weighted by atomic mass is 10.2. The molecule has 1 aromatic carbocycles. The van der Waals surface area contributed by atoms with Crippen LogP contribution in [0.5, 0.6) is 5.75 Å². The molecule has 0 spiro atoms. The molecule has 0 radical (unpaired) electrons. The van der Waals surface area contributed by atoms with Gasteiger partial charge in [-0.1, -0.05) is 0 Å². The first-order valence-corrected chi connectivity index (χ1v) is 5.42. The van der Waals surface area contributed by atoms with Gasteiger partial charge in [0.1, 0.15) is 5.75 Å². The number of nitrogens with two attached hydrogens (primary N) is 1. The van der Waals surface area contributed by atoms with Crippen LogP contribution >= 0.6 is 7.67 Å². The van der Waals surface area contributed by atoms with E-state index < -0.39 is 14.3 Å². The third kappa shape index (κ3) is 3.01. The molecule has 0 aliphatic heterocycles. The molecule has 1 atom stereocenters. The molecule has 0 aromatic heterocycles. The molecule has 7 heteroatoms. The van der Waals surface area contributed by atoms with E-state index in [9.17, 15) is 9.46 Å². The zero-order chi connectivity index (χ0) is 10.8. The number of aliphatic hydroxyl groups excluding tert-OH is 1. The Labute approximate surface area is 80.6 Å². The fourth-order valence-electron chi connectivity index (χ4n) is 0.988. The summed E-state index contributed by atoms with van der Waals surface area (Å²) in [5.74, 6) is -0.0580. The summed E-state index contributed by atoms with van der Waals surface area (Å²) < 4.78 is 10.7. The maximum atomic E-state index is 10.7. The summed E-state index contributed by atoms with van der Waals surface area (Å²) in [4.78, 5) is 10.7. The van der Waals surface area contributed by atoms with Crippen molar-refractivity contribution in [3.63, 3.8) is 0 Å². The molecule has 5 N–H and O–H groups in total. The Kier molecular flexibility index (Phi) is 3.13. The molecule has 1 unspecified atom stereocenters. The number of aliphatic hydroxyl groups is 1. The number of phenols is 1. The van der Waals surface area contributed by atoms with E-state index in [4.69, 9.17) is 15.7 Å². The van der Waals surface area contributed by atoms with Gasteiger partial charge in [0.2, 0.25) is 0 Å². The van der Waals surface area contributed by atoms with Crippen molar-refractivity contribution in [1.29, 1.82) is 0 Å². The minimum absolute atomic E-state index is 0.0580. The Bertz CT molecular complexity index is 376. The van der Waals surface area contributed by atoms with Gasteiger partial charge in [-0.05, 0) is 18.2 Å². The third-order valence-corrected chi connectivity index (χ3v) is 2.09. The van der Waals surface area contributed by atoms with Crippen LogP contribution in [0, 0.1) is 0 Å². The molecule has 0 bridgehead atoms. The van der Waals surface area contributed by atoms with Gasteiger partial charge < -0.3 is 20.2 Å². The molecule has 0 amide bonds. The number of benzene rings is 1. The summed E-state index contributed by atoms with van der Waals surface area (Å²) in [7, 11) is -4.14. The summed E-state index contributed by atoms with van der Waals surface area (Å²) in [6, 6.07) is 3.85. The van der Waals surface area contributed by atoms with Crippen molar-refractivity contribution in [3.8, 4) is 5.75 Å². The number of anilines is 1. The van der Waals surface area contributed by atoms with Crippen LogP contribution in [0.2, 0.25) is 0 Å². The fraction of sp³-hybridized carbons (Fsp3) is 0.143. The summed E-state index contributed by atoms with van der Waals surface area (Å²) in [6.07, 6.45) is 0. The molecule has 0 saturated heterocycles. The number of aromatic hydroxyl groups is 1. The molecular formula is C7H10N2O4P-. The van der Waals surface area contributed by atoms with Crippen molar-refractivity contribution in [2.45, 2.75) is 6.61 Å². The number of rotatable bonds is 3. The van der Waals surface area contributed by atoms with Gasteiger partial charge in [-0.15, -0.1) is 0 Å². The molecule has 14 heavy (non-hydrogen) atoms. The van der Waals surface area contributed by atoms with Crippen molar-refractivity contribution in [3.05, 3.63) is 23.8 Å². The Balaban J connectivity index is 3.03. The average Bonchev–Trinajstić information content (AvgIpc) is 2.06. The lowest BCUT2D eigenvalue weighted by Gasteiger charge is -2.21. The first kappa shape index (κ1) is 11.0. The largest absolute Gasteiger partial charge is 0.772 e. The van der Waals surface area contributed by atoms with Crippen LogP contribution in [0.25, 0.3) is 0 Å². The SMILES string of the molecule is NP(=O)([O-])Nc1ccc(O)cc1CO. The van der Waals surface area contributed by atoms with Crippen molar-refractivity contribution >= 4 is 13.4 Å². The summed E-state index contributed by atoms with van der Waals surface area (Å²) in [5, 5.41) is 19.9. The van der Waals surface area contributed by atoms with Gasteiger partial charge in [0, 0.05) is 11.3 Å². The van der Waals surface area contributed by atoms with Crippen LogP contribution in [0.3, 0.4) is 0 Å². The molecule has 0 aliphatic rings. The van der Waals surface area contributed by atoms with Crippen molar-refractivity contribution < 1.29 is 19.7 Å². The second-order valence-electron chi connectivity index (χ2n) is 2.71. The van der Waals surface area contributed by atoms with Crippen LogP contribution in [0.15, 0.2) is 18.2 Å². The second kappa shape index (κ2) is 3.98. The quantitative estimate of drug-likeness (QED) is 0.408. The van der Waals surface area contributed by atoms with Gasteiger partial charge in [0.05, 0.1) is 6.61 Å². The van der Waals surface area contributed by atoms with Gasteiger partial charge in [-0.3, -0.25) is 10.1 Å². The molecular weight excluding hydrogens is 207 g/mol. The van der Waals surface area contributed by atoms with Gasteiger partial charge in [0.25, 0.3) is 0 Å². The second-order valence-corrected chi connectivity index (χ2v) is 4.13. The van der Waals surface area contributed by atoms with E-state index in [1.54, 1.807) is 0 Å². The highest BCUT2D eigenvalue weighted by Gasteiger charge is 2.06. The van der Waals surface area contributed by atoms with Crippen molar-refractivity contribution in [2.75, 3.05) is 5.09 Å². The summed E-state index contributed by atoms with van der Waals surface area (Å²) in [6.45, 7) is -0.392. The number of nitrogens with one attached hydrogen (secondary N) is 1. The lowest BCUT2D eigenvalue weighted by Crippen LogP contribution is -2.17. The Hall–Kier alpha value is -1.07. The highest BCUT2D eigenvalue weighted by molar-refractivity contribution is 7.55. The minimum Gasteiger partial charge on any atom is -0.772 e. The van der Waals surface area contributed by atoms with Crippen LogP contribution in [0.1, 0.15) is 5.56 Å². The molecule has 1 aromatic rings. The van der Waals surface area contributed by atoms with Gasteiger partial charge in [0.15, 0.2) is 7.67 Å². The molecule has 0 heterocycles. The standard InChI is InChI=1S/C7H11N2O4P/c8-14(12,13)9-7-2-1-6(11)3-5(7)4-10/h1-3,10-11H,4H2,(H4,8,9,12,13)/p-1. The van der Waals surface area contributed by atoms with Crippen molar-refractivity contribution in [2.24, 2.45) is 5.50 Å². The highest BCUT2D eigenvalue weighted by atomic mass is 31.2. The van der Waals surface area contributed by atoms with E-state index in [-0.39, 0.29) is 17.0 Å². The van der Waals surface area contributed by atoms with Crippen LogP contribution < -0.4 is 15.5 Å². The topological polar surface area (TPSA) is 119 Å².